The average Bonchev–Trinajstić information content (AvgIpc) is 2.96. The van der Waals surface area contributed by atoms with Gasteiger partial charge in [-0.1, -0.05) is 43.2 Å². The van der Waals surface area contributed by atoms with Crippen molar-refractivity contribution in [2.45, 2.75) is 37.8 Å². The van der Waals surface area contributed by atoms with Crippen molar-refractivity contribution in [2.75, 3.05) is 6.61 Å². The van der Waals surface area contributed by atoms with Gasteiger partial charge in [-0.25, -0.2) is 4.79 Å². The zero-order valence-corrected chi connectivity index (χ0v) is 11.2. The van der Waals surface area contributed by atoms with E-state index in [-0.39, 0.29) is 12.7 Å². The molecule has 1 aliphatic rings. The van der Waals surface area contributed by atoms with Crippen molar-refractivity contribution < 1.29 is 19.4 Å². The predicted molar refractivity (Wildman–Crippen MR) is 73.2 cm³/mol. The summed E-state index contributed by atoms with van der Waals surface area (Å²) >= 11 is 0. The van der Waals surface area contributed by atoms with Crippen molar-refractivity contribution in [3.63, 3.8) is 0 Å². The summed E-state index contributed by atoms with van der Waals surface area (Å²) in [7, 11) is 0. The highest BCUT2D eigenvalue weighted by Crippen LogP contribution is 2.20. The van der Waals surface area contributed by atoms with Gasteiger partial charge in [-0.05, 0) is 18.4 Å². The van der Waals surface area contributed by atoms with Crippen LogP contribution in [0.15, 0.2) is 30.3 Å². The molecule has 0 aromatic heterocycles. The number of carboxylic acids is 1. The van der Waals surface area contributed by atoms with Gasteiger partial charge in [-0.2, -0.15) is 0 Å². The Bertz CT molecular complexity index is 454. The topological polar surface area (TPSA) is 75.6 Å². The zero-order valence-electron chi connectivity index (χ0n) is 11.2. The summed E-state index contributed by atoms with van der Waals surface area (Å²) in [6, 6.07) is 7.61. The Morgan fingerprint density at radius 3 is 2.50 bits per heavy atom. The van der Waals surface area contributed by atoms with Crippen LogP contribution in [0.2, 0.25) is 0 Å². The van der Waals surface area contributed by atoms with Crippen molar-refractivity contribution in [3.8, 4) is 0 Å². The van der Waals surface area contributed by atoms with Crippen LogP contribution >= 0.6 is 0 Å². The Labute approximate surface area is 117 Å². The molecule has 2 rings (SSSR count). The minimum absolute atomic E-state index is 0.0821. The van der Waals surface area contributed by atoms with Crippen LogP contribution in [-0.2, 0) is 14.3 Å². The summed E-state index contributed by atoms with van der Waals surface area (Å²) in [5, 5.41) is 11.7. The number of nitrogens with one attached hydrogen (secondary N) is 1. The molecule has 0 saturated heterocycles. The highest BCUT2D eigenvalue weighted by molar-refractivity contribution is 5.85. The summed E-state index contributed by atoms with van der Waals surface area (Å²) in [6.07, 6.45) is 4.37. The molecule has 1 aliphatic carbocycles. The highest BCUT2D eigenvalue weighted by atomic mass is 16.5. The first-order valence-electron chi connectivity index (χ1n) is 6.85. The highest BCUT2D eigenvalue weighted by Gasteiger charge is 2.23. The predicted octanol–water partition coefficient (Wildman–Crippen LogP) is 1.89. The van der Waals surface area contributed by atoms with E-state index < -0.39 is 17.9 Å². The van der Waals surface area contributed by atoms with Gasteiger partial charge in [0.15, 0.2) is 6.04 Å². The van der Waals surface area contributed by atoms with E-state index in [2.05, 4.69) is 5.32 Å². The standard InChI is InChI=1S/C15H19NO4/c17-13(10-20-12-8-4-5-9-12)16-14(15(18)19)11-6-2-1-3-7-11/h1-3,6-7,12,14H,4-5,8-10H2,(H,16,17)(H,18,19)/t14-/m1/s1. The molecule has 5 heteroatoms. The zero-order chi connectivity index (χ0) is 14.4. The molecule has 1 saturated carbocycles. The van der Waals surface area contributed by atoms with E-state index in [1.54, 1.807) is 30.3 Å². The maximum absolute atomic E-state index is 11.8. The van der Waals surface area contributed by atoms with E-state index in [0.29, 0.717) is 5.56 Å². The lowest BCUT2D eigenvalue weighted by Crippen LogP contribution is -2.36. The Hall–Kier alpha value is -1.88. The molecule has 0 heterocycles. The number of carbonyl (C=O) groups is 2. The SMILES string of the molecule is O=C(COC1CCCC1)N[C@@H](C(=O)O)c1ccccc1. The molecule has 1 fully saturated rings. The number of amides is 1. The van der Waals surface area contributed by atoms with Crippen LogP contribution in [0.3, 0.4) is 0 Å². The number of carbonyl (C=O) groups excluding carboxylic acids is 1. The van der Waals surface area contributed by atoms with E-state index in [4.69, 9.17) is 4.74 Å². The lowest BCUT2D eigenvalue weighted by atomic mass is 10.1. The van der Waals surface area contributed by atoms with Crippen LogP contribution in [0.5, 0.6) is 0 Å². The molecule has 20 heavy (non-hydrogen) atoms. The third kappa shape index (κ3) is 4.06. The molecule has 0 spiro atoms. The fourth-order valence-corrected chi connectivity index (χ4v) is 2.38. The second kappa shape index (κ2) is 7.05. The van der Waals surface area contributed by atoms with Gasteiger partial charge in [-0.15, -0.1) is 0 Å². The van der Waals surface area contributed by atoms with E-state index >= 15 is 0 Å². The van der Waals surface area contributed by atoms with Gasteiger partial charge in [0.25, 0.3) is 0 Å². The van der Waals surface area contributed by atoms with Gasteiger partial charge >= 0.3 is 5.97 Å². The summed E-state index contributed by atoms with van der Waals surface area (Å²) in [5.74, 6) is -1.47. The molecule has 1 aromatic carbocycles. The third-order valence-electron chi connectivity index (χ3n) is 3.44. The molecule has 2 N–H and O–H groups in total. The Kier molecular flexibility index (Phi) is 5.12. The van der Waals surface area contributed by atoms with E-state index in [1.807, 2.05) is 0 Å². The molecule has 0 bridgehead atoms. The van der Waals surface area contributed by atoms with Crippen LogP contribution in [0.1, 0.15) is 37.3 Å². The molecular weight excluding hydrogens is 258 g/mol. The van der Waals surface area contributed by atoms with E-state index in [1.165, 1.54) is 0 Å². The van der Waals surface area contributed by atoms with Crippen LogP contribution in [0, 0.1) is 0 Å². The summed E-state index contributed by atoms with van der Waals surface area (Å²) in [6.45, 7) is -0.0821. The Morgan fingerprint density at radius 2 is 1.90 bits per heavy atom. The average molecular weight is 277 g/mol. The van der Waals surface area contributed by atoms with Gasteiger partial charge in [0.2, 0.25) is 5.91 Å². The van der Waals surface area contributed by atoms with Gasteiger partial charge in [-0.3, -0.25) is 4.79 Å². The van der Waals surface area contributed by atoms with Crippen LogP contribution in [0.25, 0.3) is 0 Å². The quantitative estimate of drug-likeness (QED) is 0.832. The smallest absolute Gasteiger partial charge is 0.330 e. The summed E-state index contributed by atoms with van der Waals surface area (Å²) in [5.41, 5.74) is 0.550. The maximum atomic E-state index is 11.8. The molecule has 5 nitrogen and oxygen atoms in total. The van der Waals surface area contributed by atoms with Gasteiger partial charge in [0.1, 0.15) is 6.61 Å². The van der Waals surface area contributed by atoms with Crippen molar-refractivity contribution in [1.29, 1.82) is 0 Å². The minimum atomic E-state index is -1.08. The van der Waals surface area contributed by atoms with Gasteiger partial charge in [0.05, 0.1) is 6.10 Å². The van der Waals surface area contributed by atoms with Crippen molar-refractivity contribution in [2.24, 2.45) is 0 Å². The van der Waals surface area contributed by atoms with E-state index in [9.17, 15) is 14.7 Å². The molecule has 1 amide bonds. The fraction of sp³-hybridized carbons (Fsp3) is 0.467. The number of hydrogen-bond donors (Lipinski definition) is 2. The van der Waals surface area contributed by atoms with Crippen molar-refractivity contribution in [3.05, 3.63) is 35.9 Å². The van der Waals surface area contributed by atoms with Gasteiger partial charge in [0, 0.05) is 0 Å². The molecular formula is C15H19NO4. The normalized spacial score (nSPS) is 16.8. The lowest BCUT2D eigenvalue weighted by molar-refractivity contribution is -0.143. The lowest BCUT2D eigenvalue weighted by Gasteiger charge is -2.16. The second-order valence-electron chi connectivity index (χ2n) is 4.97. The Balaban J connectivity index is 1.87. The fourth-order valence-electron chi connectivity index (χ4n) is 2.38. The monoisotopic (exact) mass is 277 g/mol. The Morgan fingerprint density at radius 1 is 1.25 bits per heavy atom. The molecule has 0 radical (unpaired) electrons. The molecule has 1 atom stereocenters. The molecule has 108 valence electrons. The molecule has 0 unspecified atom stereocenters. The second-order valence-corrected chi connectivity index (χ2v) is 4.97. The van der Waals surface area contributed by atoms with Crippen molar-refractivity contribution in [1.82, 2.24) is 5.32 Å². The number of rotatable bonds is 6. The third-order valence-corrected chi connectivity index (χ3v) is 3.44. The summed E-state index contributed by atoms with van der Waals surface area (Å²) < 4.78 is 5.48. The first-order chi connectivity index (χ1) is 9.66. The first-order valence-corrected chi connectivity index (χ1v) is 6.85. The first kappa shape index (κ1) is 14.5. The number of aliphatic carboxylic acids is 1. The van der Waals surface area contributed by atoms with Gasteiger partial charge < -0.3 is 15.2 Å². The maximum Gasteiger partial charge on any atom is 0.330 e. The largest absolute Gasteiger partial charge is 0.479 e. The number of hydrogen-bond acceptors (Lipinski definition) is 3. The number of carboxylic acid groups (broad SMARTS) is 1. The van der Waals surface area contributed by atoms with Crippen LogP contribution < -0.4 is 5.32 Å². The number of ether oxygens (including phenoxy) is 1. The molecule has 0 aliphatic heterocycles. The van der Waals surface area contributed by atoms with Crippen LogP contribution in [-0.4, -0.2) is 29.7 Å². The molecule has 1 aromatic rings. The minimum Gasteiger partial charge on any atom is -0.479 e. The van der Waals surface area contributed by atoms with E-state index in [0.717, 1.165) is 25.7 Å². The number of benzene rings is 1. The van der Waals surface area contributed by atoms with Crippen LogP contribution in [0.4, 0.5) is 0 Å². The van der Waals surface area contributed by atoms with Crippen molar-refractivity contribution >= 4 is 11.9 Å². The summed E-state index contributed by atoms with van der Waals surface area (Å²) in [4.78, 5) is 23.0.